The van der Waals surface area contributed by atoms with Crippen molar-refractivity contribution in [3.05, 3.63) is 35.6 Å². The van der Waals surface area contributed by atoms with Crippen LogP contribution in [0.4, 0.5) is 9.18 Å². The van der Waals surface area contributed by atoms with Crippen LogP contribution in [0.3, 0.4) is 0 Å². The molecule has 1 aromatic carbocycles. The highest BCUT2D eigenvalue weighted by atomic mass is 19.1. The second-order valence-electron chi connectivity index (χ2n) is 7.59. The van der Waals surface area contributed by atoms with E-state index >= 15 is 0 Å². The number of aliphatic imine (C=N–C) groups is 1. The molecular formula is C21H31FN4O2. The molecule has 7 heteroatoms. The number of hydrogen-bond donors (Lipinski definition) is 2. The van der Waals surface area contributed by atoms with Crippen molar-refractivity contribution < 1.29 is 13.9 Å². The normalized spacial score (nSPS) is 19.2. The van der Waals surface area contributed by atoms with Crippen molar-refractivity contribution in [1.29, 1.82) is 0 Å². The van der Waals surface area contributed by atoms with Crippen LogP contribution in [0.15, 0.2) is 29.3 Å². The minimum Gasteiger partial charge on any atom is -0.450 e. The third-order valence-corrected chi connectivity index (χ3v) is 5.54. The van der Waals surface area contributed by atoms with Gasteiger partial charge in [0.15, 0.2) is 5.96 Å². The topological polar surface area (TPSA) is 66.0 Å². The van der Waals surface area contributed by atoms with Crippen molar-refractivity contribution in [3.63, 3.8) is 0 Å². The molecule has 1 amide bonds. The van der Waals surface area contributed by atoms with E-state index in [4.69, 9.17) is 9.73 Å². The van der Waals surface area contributed by atoms with E-state index in [2.05, 4.69) is 10.6 Å². The molecular weight excluding hydrogens is 359 g/mol. The SMILES string of the molecule is CCNC(=NCC1(c2cccc(F)c2)CC1)NC1CCN(C(=O)OCC)CC1. The first-order chi connectivity index (χ1) is 13.6. The van der Waals surface area contributed by atoms with Crippen molar-refractivity contribution in [2.45, 2.75) is 51.0 Å². The summed E-state index contributed by atoms with van der Waals surface area (Å²) in [5, 5.41) is 6.80. The number of nitrogens with zero attached hydrogens (tertiary/aromatic N) is 2. The third-order valence-electron chi connectivity index (χ3n) is 5.54. The highest BCUT2D eigenvalue weighted by Gasteiger charge is 2.44. The first kappa shape index (κ1) is 20.4. The molecule has 1 aliphatic heterocycles. The fraction of sp³-hybridized carbons (Fsp3) is 0.619. The minimum absolute atomic E-state index is 0.0300. The van der Waals surface area contributed by atoms with Gasteiger partial charge in [0.05, 0.1) is 13.2 Å². The van der Waals surface area contributed by atoms with Crippen molar-refractivity contribution >= 4 is 12.1 Å². The summed E-state index contributed by atoms with van der Waals surface area (Å²) in [6.45, 7) is 7.06. The van der Waals surface area contributed by atoms with Gasteiger partial charge in [0.2, 0.25) is 0 Å². The summed E-state index contributed by atoms with van der Waals surface area (Å²) in [7, 11) is 0. The molecule has 1 heterocycles. The van der Waals surface area contributed by atoms with E-state index in [1.54, 1.807) is 17.0 Å². The van der Waals surface area contributed by atoms with E-state index in [0.717, 1.165) is 43.8 Å². The number of piperidine rings is 1. The molecule has 0 unspecified atom stereocenters. The predicted molar refractivity (Wildman–Crippen MR) is 108 cm³/mol. The molecule has 0 spiro atoms. The number of amides is 1. The highest BCUT2D eigenvalue weighted by Crippen LogP contribution is 2.48. The lowest BCUT2D eigenvalue weighted by molar-refractivity contribution is 0.0963. The summed E-state index contributed by atoms with van der Waals surface area (Å²) in [5.74, 6) is 0.603. The van der Waals surface area contributed by atoms with E-state index in [1.807, 2.05) is 19.9 Å². The second kappa shape index (κ2) is 9.26. The average Bonchev–Trinajstić information content (AvgIpc) is 3.48. The van der Waals surface area contributed by atoms with Crippen LogP contribution in [0, 0.1) is 5.82 Å². The first-order valence-corrected chi connectivity index (χ1v) is 10.3. The van der Waals surface area contributed by atoms with Gasteiger partial charge < -0.3 is 20.3 Å². The van der Waals surface area contributed by atoms with E-state index in [9.17, 15) is 9.18 Å². The quantitative estimate of drug-likeness (QED) is 0.579. The molecule has 28 heavy (non-hydrogen) atoms. The lowest BCUT2D eigenvalue weighted by atomic mass is 9.96. The van der Waals surface area contributed by atoms with Crippen LogP contribution in [-0.2, 0) is 10.2 Å². The van der Waals surface area contributed by atoms with Crippen molar-refractivity contribution in [1.82, 2.24) is 15.5 Å². The first-order valence-electron chi connectivity index (χ1n) is 10.3. The summed E-state index contributed by atoms with van der Waals surface area (Å²) in [5.41, 5.74) is 1.01. The Morgan fingerprint density at radius 2 is 2.07 bits per heavy atom. The van der Waals surface area contributed by atoms with Gasteiger partial charge >= 0.3 is 6.09 Å². The van der Waals surface area contributed by atoms with Gasteiger partial charge in [-0.1, -0.05) is 12.1 Å². The second-order valence-corrected chi connectivity index (χ2v) is 7.59. The molecule has 6 nitrogen and oxygen atoms in total. The Hall–Kier alpha value is -2.31. The van der Waals surface area contributed by atoms with Crippen LogP contribution in [0.2, 0.25) is 0 Å². The summed E-state index contributed by atoms with van der Waals surface area (Å²) in [6.07, 6.45) is 3.57. The van der Waals surface area contributed by atoms with Crippen LogP contribution in [0.25, 0.3) is 0 Å². The summed E-state index contributed by atoms with van der Waals surface area (Å²) in [6, 6.07) is 7.16. The van der Waals surface area contributed by atoms with Gasteiger partial charge in [-0.15, -0.1) is 0 Å². The third kappa shape index (κ3) is 5.14. The number of rotatable bonds is 6. The van der Waals surface area contributed by atoms with Crippen LogP contribution < -0.4 is 10.6 Å². The van der Waals surface area contributed by atoms with Crippen LogP contribution in [0.1, 0.15) is 45.1 Å². The van der Waals surface area contributed by atoms with E-state index in [-0.39, 0.29) is 23.4 Å². The highest BCUT2D eigenvalue weighted by molar-refractivity contribution is 5.80. The Kier molecular flexibility index (Phi) is 6.75. The molecule has 0 radical (unpaired) electrons. The Morgan fingerprint density at radius 3 is 2.68 bits per heavy atom. The lowest BCUT2D eigenvalue weighted by Crippen LogP contribution is -2.50. The Morgan fingerprint density at radius 1 is 1.32 bits per heavy atom. The molecule has 154 valence electrons. The lowest BCUT2D eigenvalue weighted by Gasteiger charge is -2.32. The smallest absolute Gasteiger partial charge is 0.409 e. The fourth-order valence-electron chi connectivity index (χ4n) is 3.67. The van der Waals surface area contributed by atoms with Gasteiger partial charge in [-0.05, 0) is 57.2 Å². The molecule has 0 aromatic heterocycles. The molecule has 2 fully saturated rings. The monoisotopic (exact) mass is 390 g/mol. The van der Waals surface area contributed by atoms with Crippen molar-refractivity contribution in [2.75, 3.05) is 32.8 Å². The molecule has 1 saturated carbocycles. The van der Waals surface area contributed by atoms with E-state index in [0.29, 0.717) is 26.2 Å². The van der Waals surface area contributed by atoms with Gasteiger partial charge in [0.1, 0.15) is 5.82 Å². The zero-order chi connectivity index (χ0) is 20.0. The van der Waals surface area contributed by atoms with Crippen molar-refractivity contribution in [3.8, 4) is 0 Å². The largest absolute Gasteiger partial charge is 0.450 e. The Bertz CT molecular complexity index is 697. The summed E-state index contributed by atoms with van der Waals surface area (Å²) >= 11 is 0. The van der Waals surface area contributed by atoms with Gasteiger partial charge in [0.25, 0.3) is 0 Å². The molecule has 1 aliphatic carbocycles. The minimum atomic E-state index is -0.229. The standard InChI is InChI=1S/C21H31FN4O2/c1-3-23-19(25-18-8-12-26(13-9-18)20(27)28-4-2)24-15-21(10-11-21)16-6-5-7-17(22)14-16/h5-7,14,18H,3-4,8-13,15H2,1-2H3,(H2,23,24,25). The number of halogens is 1. The average molecular weight is 391 g/mol. The predicted octanol–water partition coefficient (Wildman–Crippen LogP) is 3.03. The number of nitrogens with one attached hydrogen (secondary N) is 2. The van der Waals surface area contributed by atoms with Crippen LogP contribution >= 0.6 is 0 Å². The molecule has 1 aromatic rings. The molecule has 3 rings (SSSR count). The molecule has 2 aliphatic rings. The van der Waals surface area contributed by atoms with E-state index < -0.39 is 0 Å². The maximum atomic E-state index is 13.6. The van der Waals surface area contributed by atoms with Gasteiger partial charge in [-0.2, -0.15) is 0 Å². The molecule has 0 atom stereocenters. The van der Waals surface area contributed by atoms with Gasteiger partial charge in [-0.25, -0.2) is 9.18 Å². The zero-order valence-electron chi connectivity index (χ0n) is 16.8. The van der Waals surface area contributed by atoms with Crippen molar-refractivity contribution in [2.24, 2.45) is 4.99 Å². The molecule has 0 bridgehead atoms. The fourth-order valence-corrected chi connectivity index (χ4v) is 3.67. The number of guanidine groups is 1. The molecule has 1 saturated heterocycles. The number of benzene rings is 1. The van der Waals surface area contributed by atoms with Crippen LogP contribution in [0.5, 0.6) is 0 Å². The zero-order valence-corrected chi connectivity index (χ0v) is 16.8. The summed E-state index contributed by atoms with van der Waals surface area (Å²) < 4.78 is 18.7. The Balaban J connectivity index is 1.56. The molecule has 2 N–H and O–H groups in total. The number of hydrogen-bond acceptors (Lipinski definition) is 3. The van der Waals surface area contributed by atoms with E-state index in [1.165, 1.54) is 6.07 Å². The number of likely N-dealkylation sites (tertiary alicyclic amines) is 1. The maximum Gasteiger partial charge on any atom is 0.409 e. The maximum absolute atomic E-state index is 13.6. The van der Waals surface area contributed by atoms with Gasteiger partial charge in [0, 0.05) is 31.1 Å². The Labute approximate surface area is 166 Å². The number of carbonyl (C=O) groups excluding carboxylic acids is 1. The number of carbonyl (C=O) groups is 1. The van der Waals surface area contributed by atoms with Crippen LogP contribution in [-0.4, -0.2) is 55.8 Å². The number of ether oxygens (including phenoxy) is 1. The summed E-state index contributed by atoms with van der Waals surface area (Å²) in [4.78, 5) is 18.4. The van der Waals surface area contributed by atoms with Gasteiger partial charge in [-0.3, -0.25) is 4.99 Å².